The predicted molar refractivity (Wildman–Crippen MR) is 73.2 cm³/mol. The molecule has 0 radical (unpaired) electrons. The molecule has 3 amide bonds. The first-order valence-electron chi connectivity index (χ1n) is 6.62. The number of likely N-dealkylation sites (tertiary alicyclic amines) is 1. The number of hydrogen-bond acceptors (Lipinski definition) is 3. The van der Waals surface area contributed by atoms with Gasteiger partial charge in [-0.15, -0.1) is 0 Å². The second-order valence-corrected chi connectivity index (χ2v) is 4.89. The van der Waals surface area contributed by atoms with Gasteiger partial charge in [0.25, 0.3) is 17.7 Å². The minimum Gasteiger partial charge on any atom is -0.339 e. The molecule has 0 saturated carbocycles. The van der Waals surface area contributed by atoms with Crippen LogP contribution < -0.4 is 4.90 Å². The van der Waals surface area contributed by atoms with E-state index in [0.29, 0.717) is 11.3 Å². The zero-order chi connectivity index (χ0) is 14.1. The SMILES string of the molecule is O=C(c1cccc(N2C(=O)C=CC2=O)c1)N1CCCC1. The van der Waals surface area contributed by atoms with Crippen molar-refractivity contribution in [2.45, 2.75) is 12.8 Å². The summed E-state index contributed by atoms with van der Waals surface area (Å²) in [5.41, 5.74) is 0.951. The van der Waals surface area contributed by atoms with E-state index in [2.05, 4.69) is 0 Å². The molecule has 5 heteroatoms. The molecule has 0 atom stereocenters. The van der Waals surface area contributed by atoms with E-state index in [0.717, 1.165) is 30.8 Å². The van der Waals surface area contributed by atoms with Gasteiger partial charge in [0.2, 0.25) is 0 Å². The third kappa shape index (κ3) is 2.11. The molecule has 1 saturated heterocycles. The minimum atomic E-state index is -0.374. The standard InChI is InChI=1S/C15H14N2O3/c18-13-6-7-14(19)17(13)12-5-3-4-11(10-12)15(20)16-8-1-2-9-16/h3-7,10H,1-2,8-9H2. The quantitative estimate of drug-likeness (QED) is 0.762. The third-order valence-electron chi connectivity index (χ3n) is 3.55. The summed E-state index contributed by atoms with van der Waals surface area (Å²) in [5.74, 6) is -0.794. The van der Waals surface area contributed by atoms with E-state index in [1.165, 1.54) is 12.2 Å². The second kappa shape index (κ2) is 4.92. The number of rotatable bonds is 2. The lowest BCUT2D eigenvalue weighted by Gasteiger charge is -2.18. The first-order valence-corrected chi connectivity index (χ1v) is 6.62. The largest absolute Gasteiger partial charge is 0.339 e. The van der Waals surface area contributed by atoms with Gasteiger partial charge in [-0.25, -0.2) is 4.90 Å². The monoisotopic (exact) mass is 270 g/mol. The van der Waals surface area contributed by atoms with Gasteiger partial charge in [0.05, 0.1) is 5.69 Å². The van der Waals surface area contributed by atoms with Crippen molar-refractivity contribution < 1.29 is 14.4 Å². The molecule has 2 aliphatic rings. The molecule has 0 unspecified atom stereocenters. The Kier molecular flexibility index (Phi) is 3.10. The number of nitrogens with zero attached hydrogens (tertiary/aromatic N) is 2. The van der Waals surface area contributed by atoms with Crippen LogP contribution in [-0.4, -0.2) is 35.7 Å². The van der Waals surface area contributed by atoms with Gasteiger partial charge in [0.15, 0.2) is 0 Å². The second-order valence-electron chi connectivity index (χ2n) is 4.89. The van der Waals surface area contributed by atoms with Crippen LogP contribution in [0.3, 0.4) is 0 Å². The van der Waals surface area contributed by atoms with Crippen molar-refractivity contribution in [2.24, 2.45) is 0 Å². The highest BCUT2D eigenvalue weighted by Crippen LogP contribution is 2.22. The molecule has 0 aliphatic carbocycles. The molecule has 20 heavy (non-hydrogen) atoms. The summed E-state index contributed by atoms with van der Waals surface area (Å²) in [4.78, 5) is 38.5. The van der Waals surface area contributed by atoms with Crippen molar-refractivity contribution in [1.82, 2.24) is 4.90 Å². The summed E-state index contributed by atoms with van der Waals surface area (Å²) >= 11 is 0. The minimum absolute atomic E-state index is 0.0450. The van der Waals surface area contributed by atoms with Gasteiger partial charge in [-0.3, -0.25) is 14.4 Å². The summed E-state index contributed by atoms with van der Waals surface area (Å²) in [7, 11) is 0. The average Bonchev–Trinajstić information content (AvgIpc) is 3.09. The first kappa shape index (κ1) is 12.6. The highest BCUT2D eigenvalue weighted by atomic mass is 16.2. The Morgan fingerprint density at radius 1 is 1.00 bits per heavy atom. The van der Waals surface area contributed by atoms with Crippen molar-refractivity contribution in [3.8, 4) is 0 Å². The molecule has 0 N–H and O–H groups in total. The van der Waals surface area contributed by atoms with Crippen molar-refractivity contribution in [2.75, 3.05) is 18.0 Å². The number of carbonyl (C=O) groups excluding carboxylic acids is 3. The molecule has 0 spiro atoms. The predicted octanol–water partition coefficient (Wildman–Crippen LogP) is 1.35. The number of carbonyl (C=O) groups is 3. The van der Waals surface area contributed by atoms with E-state index in [9.17, 15) is 14.4 Å². The lowest BCUT2D eigenvalue weighted by atomic mass is 10.1. The molecule has 0 bridgehead atoms. The fourth-order valence-corrected chi connectivity index (χ4v) is 2.54. The van der Waals surface area contributed by atoms with Crippen LogP contribution in [-0.2, 0) is 9.59 Å². The van der Waals surface area contributed by atoms with E-state index in [4.69, 9.17) is 0 Å². The van der Waals surface area contributed by atoms with Crippen LogP contribution in [0.15, 0.2) is 36.4 Å². The molecule has 2 aliphatic heterocycles. The number of amides is 3. The Morgan fingerprint density at radius 2 is 1.65 bits per heavy atom. The smallest absolute Gasteiger partial charge is 0.258 e. The van der Waals surface area contributed by atoms with Gasteiger partial charge in [0.1, 0.15) is 0 Å². The zero-order valence-corrected chi connectivity index (χ0v) is 10.9. The highest BCUT2D eigenvalue weighted by molar-refractivity contribution is 6.28. The number of anilines is 1. The van der Waals surface area contributed by atoms with E-state index in [-0.39, 0.29) is 17.7 Å². The maximum absolute atomic E-state index is 12.3. The Balaban J connectivity index is 1.88. The third-order valence-corrected chi connectivity index (χ3v) is 3.55. The van der Waals surface area contributed by atoms with Crippen molar-refractivity contribution in [3.05, 3.63) is 42.0 Å². The topological polar surface area (TPSA) is 57.7 Å². The van der Waals surface area contributed by atoms with Gasteiger partial charge < -0.3 is 4.90 Å². The highest BCUT2D eigenvalue weighted by Gasteiger charge is 2.26. The van der Waals surface area contributed by atoms with Gasteiger partial charge in [-0.2, -0.15) is 0 Å². The summed E-state index contributed by atoms with van der Waals surface area (Å²) in [6.45, 7) is 1.54. The normalized spacial score (nSPS) is 18.2. The van der Waals surface area contributed by atoms with Crippen LogP contribution in [0.2, 0.25) is 0 Å². The Hall–Kier alpha value is -2.43. The zero-order valence-electron chi connectivity index (χ0n) is 10.9. The first-order chi connectivity index (χ1) is 9.66. The summed E-state index contributed by atoms with van der Waals surface area (Å²) < 4.78 is 0. The van der Waals surface area contributed by atoms with Crippen LogP contribution in [0, 0.1) is 0 Å². The van der Waals surface area contributed by atoms with Crippen LogP contribution >= 0.6 is 0 Å². The lowest BCUT2D eigenvalue weighted by Crippen LogP contribution is -2.31. The molecule has 0 aromatic heterocycles. The van der Waals surface area contributed by atoms with E-state index in [1.807, 2.05) is 0 Å². The van der Waals surface area contributed by atoms with Gasteiger partial charge in [0, 0.05) is 30.8 Å². The van der Waals surface area contributed by atoms with Crippen molar-refractivity contribution >= 4 is 23.4 Å². The molecular formula is C15H14N2O3. The van der Waals surface area contributed by atoms with E-state index >= 15 is 0 Å². The lowest BCUT2D eigenvalue weighted by molar-refractivity contribution is -0.119. The summed E-state index contributed by atoms with van der Waals surface area (Å²) in [5, 5.41) is 0. The van der Waals surface area contributed by atoms with Crippen molar-refractivity contribution in [3.63, 3.8) is 0 Å². The molecule has 1 fully saturated rings. The van der Waals surface area contributed by atoms with E-state index in [1.54, 1.807) is 29.2 Å². The fraction of sp³-hybridized carbons (Fsp3) is 0.267. The van der Waals surface area contributed by atoms with Crippen LogP contribution in [0.1, 0.15) is 23.2 Å². The molecule has 1 aromatic rings. The van der Waals surface area contributed by atoms with Crippen molar-refractivity contribution in [1.29, 1.82) is 0 Å². The molecular weight excluding hydrogens is 256 g/mol. The van der Waals surface area contributed by atoms with Gasteiger partial charge in [-0.05, 0) is 31.0 Å². The maximum atomic E-state index is 12.3. The maximum Gasteiger partial charge on any atom is 0.258 e. The fourth-order valence-electron chi connectivity index (χ4n) is 2.54. The molecule has 1 aromatic carbocycles. The summed E-state index contributed by atoms with van der Waals surface area (Å²) in [6, 6.07) is 6.66. The van der Waals surface area contributed by atoms with Crippen LogP contribution in [0.25, 0.3) is 0 Å². The Bertz CT molecular complexity index is 597. The van der Waals surface area contributed by atoms with Gasteiger partial charge in [-0.1, -0.05) is 6.07 Å². The number of benzene rings is 1. The molecule has 5 nitrogen and oxygen atoms in total. The summed E-state index contributed by atoms with van der Waals surface area (Å²) in [6.07, 6.45) is 4.52. The molecule has 2 heterocycles. The Labute approximate surface area is 116 Å². The number of imide groups is 1. The average molecular weight is 270 g/mol. The molecule has 3 rings (SSSR count). The molecule has 102 valence electrons. The van der Waals surface area contributed by atoms with Crippen LogP contribution in [0.4, 0.5) is 5.69 Å². The van der Waals surface area contributed by atoms with Crippen LogP contribution in [0.5, 0.6) is 0 Å². The Morgan fingerprint density at radius 3 is 2.30 bits per heavy atom. The van der Waals surface area contributed by atoms with E-state index < -0.39 is 0 Å². The van der Waals surface area contributed by atoms with Gasteiger partial charge >= 0.3 is 0 Å². The number of hydrogen-bond donors (Lipinski definition) is 0.